The molecule has 0 unspecified atom stereocenters. The summed E-state index contributed by atoms with van der Waals surface area (Å²) in [5.74, 6) is 1.58. The lowest BCUT2D eigenvalue weighted by Gasteiger charge is -2.28. The second kappa shape index (κ2) is 10.4. The standard InChI is InChI=1S/C21H34N2O3/c1-4-5-6-8-14-23(21(25)19-16-17(2)26-18(19)3)15-11-20(24)22-12-9-7-10-13-22/h16H,4-15H2,1-3H3. The van der Waals surface area contributed by atoms with Gasteiger partial charge in [-0.05, 0) is 45.6 Å². The molecule has 0 radical (unpaired) electrons. The average Bonchev–Trinajstić information content (AvgIpc) is 2.99. The summed E-state index contributed by atoms with van der Waals surface area (Å²) in [5.41, 5.74) is 0.628. The summed E-state index contributed by atoms with van der Waals surface area (Å²) < 4.78 is 5.53. The topological polar surface area (TPSA) is 53.8 Å². The molecule has 5 heteroatoms. The molecule has 0 spiro atoms. The molecule has 1 saturated heterocycles. The highest BCUT2D eigenvalue weighted by atomic mass is 16.3. The molecular formula is C21H34N2O3. The predicted octanol–water partition coefficient (Wildman–Crippen LogP) is 4.32. The number of unbranched alkanes of at least 4 members (excludes halogenated alkanes) is 3. The number of amides is 2. The van der Waals surface area contributed by atoms with Crippen molar-refractivity contribution in [3.63, 3.8) is 0 Å². The van der Waals surface area contributed by atoms with E-state index in [4.69, 9.17) is 4.42 Å². The van der Waals surface area contributed by atoms with Crippen LogP contribution < -0.4 is 0 Å². The zero-order valence-electron chi connectivity index (χ0n) is 16.7. The number of rotatable bonds is 9. The number of carbonyl (C=O) groups is 2. The first-order valence-corrected chi connectivity index (χ1v) is 10.2. The van der Waals surface area contributed by atoms with Gasteiger partial charge >= 0.3 is 0 Å². The van der Waals surface area contributed by atoms with Crippen LogP contribution in [0.25, 0.3) is 0 Å². The van der Waals surface area contributed by atoms with Crippen LogP contribution in [0.5, 0.6) is 0 Å². The lowest BCUT2D eigenvalue weighted by Crippen LogP contribution is -2.39. The van der Waals surface area contributed by atoms with Gasteiger partial charge in [0.05, 0.1) is 5.56 Å². The van der Waals surface area contributed by atoms with Gasteiger partial charge in [0.2, 0.25) is 5.91 Å². The van der Waals surface area contributed by atoms with E-state index in [1.165, 1.54) is 19.3 Å². The van der Waals surface area contributed by atoms with Crippen molar-refractivity contribution < 1.29 is 14.0 Å². The Labute approximate surface area is 157 Å². The molecule has 0 atom stereocenters. The summed E-state index contributed by atoms with van der Waals surface area (Å²) >= 11 is 0. The minimum absolute atomic E-state index is 0.0118. The Hall–Kier alpha value is -1.78. The first-order chi connectivity index (χ1) is 12.5. The summed E-state index contributed by atoms with van der Waals surface area (Å²) in [6.07, 6.45) is 8.26. The molecule has 26 heavy (non-hydrogen) atoms. The summed E-state index contributed by atoms with van der Waals surface area (Å²) in [5, 5.41) is 0. The Morgan fingerprint density at radius 3 is 2.42 bits per heavy atom. The minimum atomic E-state index is -0.0118. The molecule has 5 nitrogen and oxygen atoms in total. The van der Waals surface area contributed by atoms with Crippen LogP contribution in [-0.4, -0.2) is 47.8 Å². The van der Waals surface area contributed by atoms with Gasteiger partial charge in [-0.25, -0.2) is 0 Å². The monoisotopic (exact) mass is 362 g/mol. The van der Waals surface area contributed by atoms with Gasteiger partial charge in [0.15, 0.2) is 0 Å². The first-order valence-electron chi connectivity index (χ1n) is 10.2. The fourth-order valence-electron chi connectivity index (χ4n) is 3.59. The molecule has 0 aromatic carbocycles. The molecule has 0 aliphatic carbocycles. The highest BCUT2D eigenvalue weighted by molar-refractivity contribution is 5.95. The maximum Gasteiger partial charge on any atom is 0.257 e. The molecule has 146 valence electrons. The third-order valence-electron chi connectivity index (χ3n) is 5.14. The van der Waals surface area contributed by atoms with Crippen molar-refractivity contribution in [2.24, 2.45) is 0 Å². The summed E-state index contributed by atoms with van der Waals surface area (Å²) in [4.78, 5) is 29.2. The number of hydrogen-bond donors (Lipinski definition) is 0. The molecule has 1 aliphatic heterocycles. The van der Waals surface area contributed by atoms with Gasteiger partial charge in [-0.2, -0.15) is 0 Å². The Balaban J connectivity index is 1.96. The molecule has 0 N–H and O–H groups in total. The van der Waals surface area contributed by atoms with Crippen LogP contribution in [-0.2, 0) is 4.79 Å². The van der Waals surface area contributed by atoms with Gasteiger partial charge in [-0.15, -0.1) is 0 Å². The second-order valence-corrected chi connectivity index (χ2v) is 7.37. The molecule has 2 rings (SSSR count). The van der Waals surface area contributed by atoms with Crippen LogP contribution in [0.4, 0.5) is 0 Å². The molecule has 1 aromatic heterocycles. The zero-order valence-corrected chi connectivity index (χ0v) is 16.7. The SMILES string of the molecule is CCCCCCN(CCC(=O)N1CCCCC1)C(=O)c1cc(C)oc1C. The van der Waals surface area contributed by atoms with Crippen LogP contribution in [0, 0.1) is 13.8 Å². The number of likely N-dealkylation sites (tertiary alicyclic amines) is 1. The van der Waals surface area contributed by atoms with E-state index in [0.29, 0.717) is 30.8 Å². The number of furan rings is 1. The Morgan fingerprint density at radius 2 is 1.81 bits per heavy atom. The number of nitrogens with zero attached hydrogens (tertiary/aromatic N) is 2. The summed E-state index contributed by atoms with van der Waals surface area (Å²) in [6, 6.07) is 1.81. The minimum Gasteiger partial charge on any atom is -0.466 e. The number of piperidine rings is 1. The van der Waals surface area contributed by atoms with Crippen molar-refractivity contribution in [1.82, 2.24) is 9.80 Å². The van der Waals surface area contributed by atoms with E-state index >= 15 is 0 Å². The van der Waals surface area contributed by atoms with Crippen LogP contribution in [0.15, 0.2) is 10.5 Å². The maximum atomic E-state index is 13.0. The third kappa shape index (κ3) is 5.89. The van der Waals surface area contributed by atoms with Gasteiger partial charge in [-0.1, -0.05) is 26.2 Å². The van der Waals surface area contributed by atoms with E-state index in [-0.39, 0.29) is 11.8 Å². The van der Waals surface area contributed by atoms with Crippen molar-refractivity contribution in [1.29, 1.82) is 0 Å². The molecule has 0 saturated carbocycles. The highest BCUT2D eigenvalue weighted by Gasteiger charge is 2.23. The van der Waals surface area contributed by atoms with Crippen LogP contribution in [0.2, 0.25) is 0 Å². The molecule has 1 fully saturated rings. The molecule has 2 amide bonds. The quantitative estimate of drug-likeness (QED) is 0.615. The smallest absolute Gasteiger partial charge is 0.257 e. The number of carbonyl (C=O) groups excluding carboxylic acids is 2. The van der Waals surface area contributed by atoms with E-state index < -0.39 is 0 Å². The van der Waals surface area contributed by atoms with Gasteiger partial charge in [0, 0.05) is 32.6 Å². The van der Waals surface area contributed by atoms with Crippen LogP contribution >= 0.6 is 0 Å². The van der Waals surface area contributed by atoms with E-state index in [0.717, 1.165) is 44.5 Å². The van der Waals surface area contributed by atoms with Gasteiger partial charge < -0.3 is 14.2 Å². The van der Waals surface area contributed by atoms with Gasteiger partial charge in [0.25, 0.3) is 5.91 Å². The van der Waals surface area contributed by atoms with Crippen LogP contribution in [0.1, 0.15) is 80.2 Å². The molecule has 1 aliphatic rings. The number of aryl methyl sites for hydroxylation is 2. The molecule has 0 bridgehead atoms. The second-order valence-electron chi connectivity index (χ2n) is 7.37. The van der Waals surface area contributed by atoms with E-state index in [2.05, 4.69) is 6.92 Å². The van der Waals surface area contributed by atoms with Gasteiger partial charge in [-0.3, -0.25) is 9.59 Å². The van der Waals surface area contributed by atoms with Crippen molar-refractivity contribution in [3.05, 3.63) is 23.2 Å². The zero-order chi connectivity index (χ0) is 18.9. The van der Waals surface area contributed by atoms with Gasteiger partial charge in [0.1, 0.15) is 11.5 Å². The van der Waals surface area contributed by atoms with E-state index in [1.54, 1.807) is 0 Å². The summed E-state index contributed by atoms with van der Waals surface area (Å²) in [6.45, 7) is 8.79. The van der Waals surface area contributed by atoms with Crippen molar-refractivity contribution in [3.8, 4) is 0 Å². The lowest BCUT2D eigenvalue weighted by molar-refractivity contribution is -0.132. The molecule has 2 heterocycles. The van der Waals surface area contributed by atoms with Crippen molar-refractivity contribution >= 4 is 11.8 Å². The molecule has 1 aromatic rings. The van der Waals surface area contributed by atoms with Crippen molar-refractivity contribution in [2.75, 3.05) is 26.2 Å². The Kier molecular flexibility index (Phi) is 8.20. The first kappa shape index (κ1) is 20.5. The fraction of sp³-hybridized carbons (Fsp3) is 0.714. The van der Waals surface area contributed by atoms with Crippen molar-refractivity contribution in [2.45, 2.75) is 72.1 Å². The predicted molar refractivity (Wildman–Crippen MR) is 103 cm³/mol. The maximum absolute atomic E-state index is 13.0. The fourth-order valence-corrected chi connectivity index (χ4v) is 3.59. The normalized spacial score (nSPS) is 14.5. The lowest BCUT2D eigenvalue weighted by atomic mass is 10.1. The highest BCUT2D eigenvalue weighted by Crippen LogP contribution is 2.17. The Bertz CT molecular complexity index is 588. The largest absolute Gasteiger partial charge is 0.466 e. The van der Waals surface area contributed by atoms with Crippen LogP contribution in [0.3, 0.4) is 0 Å². The van der Waals surface area contributed by atoms with E-state index in [1.807, 2.05) is 29.7 Å². The average molecular weight is 363 g/mol. The summed E-state index contributed by atoms with van der Waals surface area (Å²) in [7, 11) is 0. The molecular weight excluding hydrogens is 328 g/mol. The number of hydrogen-bond acceptors (Lipinski definition) is 3. The van der Waals surface area contributed by atoms with E-state index in [9.17, 15) is 9.59 Å². The Morgan fingerprint density at radius 1 is 1.08 bits per heavy atom. The third-order valence-corrected chi connectivity index (χ3v) is 5.14.